The molecule has 0 fully saturated rings. The van der Waals surface area contributed by atoms with E-state index < -0.39 is 0 Å². The molecule has 0 spiro atoms. The molecule has 1 atom stereocenters. The molecule has 0 radical (unpaired) electrons. The van der Waals surface area contributed by atoms with Gasteiger partial charge < -0.3 is 16.2 Å². The molecule has 0 aliphatic heterocycles. The third-order valence-electron chi connectivity index (χ3n) is 1.84. The molecule has 0 aliphatic rings. The SMILES string of the molecule is CCCCCNC[C@@H](O)CCN. The van der Waals surface area contributed by atoms with Crippen molar-refractivity contribution in [3.63, 3.8) is 0 Å². The van der Waals surface area contributed by atoms with Gasteiger partial charge in [0.25, 0.3) is 0 Å². The van der Waals surface area contributed by atoms with E-state index in [4.69, 9.17) is 5.73 Å². The summed E-state index contributed by atoms with van der Waals surface area (Å²) >= 11 is 0. The average Bonchev–Trinajstić information content (AvgIpc) is 2.05. The van der Waals surface area contributed by atoms with Crippen LogP contribution in [-0.2, 0) is 0 Å². The summed E-state index contributed by atoms with van der Waals surface area (Å²) in [6.07, 6.45) is 4.14. The Labute approximate surface area is 75.3 Å². The quantitative estimate of drug-likeness (QED) is 0.469. The molecule has 74 valence electrons. The predicted molar refractivity (Wildman–Crippen MR) is 52.1 cm³/mol. The van der Waals surface area contributed by atoms with Crippen molar-refractivity contribution < 1.29 is 5.11 Å². The maximum absolute atomic E-state index is 9.26. The van der Waals surface area contributed by atoms with Gasteiger partial charge >= 0.3 is 0 Å². The third kappa shape index (κ3) is 7.98. The molecule has 0 aromatic carbocycles. The number of nitrogens with two attached hydrogens (primary N) is 1. The summed E-state index contributed by atoms with van der Waals surface area (Å²) < 4.78 is 0. The summed E-state index contributed by atoms with van der Waals surface area (Å²) in [4.78, 5) is 0. The number of aliphatic hydroxyl groups excluding tert-OH is 1. The molecule has 0 saturated carbocycles. The van der Waals surface area contributed by atoms with Crippen LogP contribution in [0, 0.1) is 0 Å². The summed E-state index contributed by atoms with van der Waals surface area (Å²) in [7, 11) is 0. The summed E-state index contributed by atoms with van der Waals surface area (Å²) in [6.45, 7) is 4.44. The summed E-state index contributed by atoms with van der Waals surface area (Å²) in [5.74, 6) is 0. The van der Waals surface area contributed by atoms with Crippen LogP contribution in [0.1, 0.15) is 32.6 Å². The van der Waals surface area contributed by atoms with Gasteiger partial charge in [0.15, 0.2) is 0 Å². The van der Waals surface area contributed by atoms with Gasteiger partial charge in [0.1, 0.15) is 0 Å². The predicted octanol–water partition coefficient (Wildman–Crippen LogP) is 0.476. The van der Waals surface area contributed by atoms with Gasteiger partial charge in [-0.15, -0.1) is 0 Å². The van der Waals surface area contributed by atoms with Crippen LogP contribution in [-0.4, -0.2) is 30.8 Å². The molecule has 0 rings (SSSR count). The van der Waals surface area contributed by atoms with Crippen LogP contribution >= 0.6 is 0 Å². The number of nitrogens with one attached hydrogen (secondary N) is 1. The number of hydrogen-bond donors (Lipinski definition) is 3. The fraction of sp³-hybridized carbons (Fsp3) is 1.00. The first-order chi connectivity index (χ1) is 5.81. The van der Waals surface area contributed by atoms with Crippen molar-refractivity contribution in [1.82, 2.24) is 5.32 Å². The van der Waals surface area contributed by atoms with E-state index in [2.05, 4.69) is 12.2 Å². The number of hydrogen-bond acceptors (Lipinski definition) is 3. The average molecular weight is 174 g/mol. The lowest BCUT2D eigenvalue weighted by Gasteiger charge is -2.09. The minimum absolute atomic E-state index is 0.267. The Morgan fingerprint density at radius 1 is 1.42 bits per heavy atom. The molecule has 0 aromatic heterocycles. The lowest BCUT2D eigenvalue weighted by Crippen LogP contribution is -2.29. The Hall–Kier alpha value is -0.120. The third-order valence-corrected chi connectivity index (χ3v) is 1.84. The molecule has 3 nitrogen and oxygen atoms in total. The normalized spacial score (nSPS) is 13.2. The van der Waals surface area contributed by atoms with Gasteiger partial charge in [0.05, 0.1) is 6.10 Å². The van der Waals surface area contributed by atoms with Crippen molar-refractivity contribution in [2.45, 2.75) is 38.7 Å². The van der Waals surface area contributed by atoms with E-state index in [0.29, 0.717) is 19.5 Å². The molecule has 0 unspecified atom stereocenters. The van der Waals surface area contributed by atoms with Crippen LogP contribution in [0.5, 0.6) is 0 Å². The van der Waals surface area contributed by atoms with Crippen molar-refractivity contribution in [3.05, 3.63) is 0 Å². The Morgan fingerprint density at radius 3 is 2.75 bits per heavy atom. The van der Waals surface area contributed by atoms with Crippen LogP contribution in [0.25, 0.3) is 0 Å². The Balaban J connectivity index is 2.97. The lowest BCUT2D eigenvalue weighted by molar-refractivity contribution is 0.164. The summed E-state index contributed by atoms with van der Waals surface area (Å²) in [6, 6.07) is 0. The number of aliphatic hydroxyl groups is 1. The van der Waals surface area contributed by atoms with E-state index in [9.17, 15) is 5.11 Å². The van der Waals surface area contributed by atoms with Crippen LogP contribution in [0.15, 0.2) is 0 Å². The maximum Gasteiger partial charge on any atom is 0.0676 e. The highest BCUT2D eigenvalue weighted by molar-refractivity contribution is 4.59. The lowest BCUT2D eigenvalue weighted by atomic mass is 10.2. The molecule has 0 amide bonds. The number of rotatable bonds is 8. The molecule has 0 bridgehead atoms. The zero-order valence-corrected chi connectivity index (χ0v) is 8.05. The smallest absolute Gasteiger partial charge is 0.0676 e. The van der Waals surface area contributed by atoms with Crippen molar-refractivity contribution in [1.29, 1.82) is 0 Å². The van der Waals surface area contributed by atoms with Crippen molar-refractivity contribution in [2.24, 2.45) is 5.73 Å². The van der Waals surface area contributed by atoms with Crippen molar-refractivity contribution in [2.75, 3.05) is 19.6 Å². The number of unbranched alkanes of at least 4 members (excludes halogenated alkanes) is 2. The van der Waals surface area contributed by atoms with E-state index in [1.807, 2.05) is 0 Å². The summed E-state index contributed by atoms with van der Waals surface area (Å²) in [5, 5.41) is 12.5. The molecule has 0 aromatic rings. The molecular weight excluding hydrogens is 152 g/mol. The molecule has 0 saturated heterocycles. The summed E-state index contributed by atoms with van der Waals surface area (Å²) in [5.41, 5.74) is 5.29. The molecule has 0 heterocycles. The Kier molecular flexibility index (Phi) is 8.88. The fourth-order valence-electron chi connectivity index (χ4n) is 1.06. The van der Waals surface area contributed by atoms with Gasteiger partial charge in [0.2, 0.25) is 0 Å². The second-order valence-electron chi connectivity index (χ2n) is 3.14. The largest absolute Gasteiger partial charge is 0.392 e. The topological polar surface area (TPSA) is 58.3 Å². The van der Waals surface area contributed by atoms with Gasteiger partial charge in [-0.25, -0.2) is 0 Å². The van der Waals surface area contributed by atoms with Gasteiger partial charge in [0, 0.05) is 6.54 Å². The fourth-order valence-corrected chi connectivity index (χ4v) is 1.06. The molecule has 4 N–H and O–H groups in total. The molecule has 3 heteroatoms. The van der Waals surface area contributed by atoms with E-state index in [-0.39, 0.29) is 6.10 Å². The highest BCUT2D eigenvalue weighted by Crippen LogP contribution is 1.92. The van der Waals surface area contributed by atoms with Crippen LogP contribution in [0.4, 0.5) is 0 Å². The van der Waals surface area contributed by atoms with Crippen LogP contribution in [0.3, 0.4) is 0 Å². The molecular formula is C9H22N2O. The van der Waals surface area contributed by atoms with Gasteiger partial charge in [-0.05, 0) is 25.9 Å². The van der Waals surface area contributed by atoms with Gasteiger partial charge in [-0.2, -0.15) is 0 Å². The highest BCUT2D eigenvalue weighted by Gasteiger charge is 2.00. The first kappa shape index (κ1) is 11.9. The van der Waals surface area contributed by atoms with Crippen LogP contribution in [0.2, 0.25) is 0 Å². The van der Waals surface area contributed by atoms with Gasteiger partial charge in [-0.3, -0.25) is 0 Å². The van der Waals surface area contributed by atoms with Gasteiger partial charge in [-0.1, -0.05) is 19.8 Å². The second-order valence-corrected chi connectivity index (χ2v) is 3.14. The van der Waals surface area contributed by atoms with E-state index >= 15 is 0 Å². The van der Waals surface area contributed by atoms with Crippen molar-refractivity contribution >= 4 is 0 Å². The first-order valence-corrected chi connectivity index (χ1v) is 4.90. The zero-order chi connectivity index (χ0) is 9.23. The van der Waals surface area contributed by atoms with Crippen molar-refractivity contribution in [3.8, 4) is 0 Å². The molecule has 0 aliphatic carbocycles. The van der Waals surface area contributed by atoms with E-state index in [1.54, 1.807) is 0 Å². The zero-order valence-electron chi connectivity index (χ0n) is 8.05. The standard InChI is InChI=1S/C9H22N2O/c1-2-3-4-7-11-8-9(12)5-6-10/h9,11-12H,2-8,10H2,1H3/t9-/m0/s1. The highest BCUT2D eigenvalue weighted by atomic mass is 16.3. The minimum atomic E-state index is -0.267. The van der Waals surface area contributed by atoms with Crippen LogP contribution < -0.4 is 11.1 Å². The maximum atomic E-state index is 9.26. The Bertz CT molecular complexity index is 88.6. The van der Waals surface area contributed by atoms with E-state index in [1.165, 1.54) is 19.3 Å². The second kappa shape index (κ2) is 8.97. The minimum Gasteiger partial charge on any atom is -0.392 e. The Morgan fingerprint density at radius 2 is 2.17 bits per heavy atom. The first-order valence-electron chi connectivity index (χ1n) is 4.90. The monoisotopic (exact) mass is 174 g/mol. The van der Waals surface area contributed by atoms with E-state index in [0.717, 1.165) is 6.54 Å². The molecule has 12 heavy (non-hydrogen) atoms.